The van der Waals surface area contributed by atoms with Gasteiger partial charge in [0.2, 0.25) is 5.91 Å². The lowest BCUT2D eigenvalue weighted by Gasteiger charge is -2.14. The number of esters is 1. The average Bonchev–Trinajstić information content (AvgIpc) is 3.10. The van der Waals surface area contributed by atoms with Gasteiger partial charge in [0.1, 0.15) is 12.3 Å². The van der Waals surface area contributed by atoms with Crippen molar-refractivity contribution in [3.05, 3.63) is 49.4 Å². The second kappa shape index (κ2) is 13.0. The van der Waals surface area contributed by atoms with Crippen molar-refractivity contribution in [2.24, 2.45) is 0 Å². The first-order chi connectivity index (χ1) is 17.7. The van der Waals surface area contributed by atoms with Gasteiger partial charge in [-0.1, -0.05) is 11.6 Å². The van der Waals surface area contributed by atoms with Crippen molar-refractivity contribution in [3.8, 4) is 17.2 Å². The number of ether oxygens (including phenoxy) is 4. The molecule has 2 aromatic carbocycles. The maximum absolute atomic E-state index is 12.9. The Kier molecular flexibility index (Phi) is 10.1. The number of carbonyl (C=O) groups excluding carboxylic acids is 4. The fourth-order valence-electron chi connectivity index (χ4n) is 3.14. The molecule has 0 saturated carbocycles. The van der Waals surface area contributed by atoms with Gasteiger partial charge in [-0.2, -0.15) is 0 Å². The number of thioether (sulfide) groups is 1. The Bertz CT molecular complexity index is 1270. The summed E-state index contributed by atoms with van der Waals surface area (Å²) in [5.41, 5.74) is 0.965. The maximum atomic E-state index is 12.9. The zero-order valence-electron chi connectivity index (χ0n) is 20.0. The molecule has 13 heteroatoms. The summed E-state index contributed by atoms with van der Waals surface area (Å²) >= 11 is 8.81. The maximum Gasteiger partial charge on any atom is 0.343 e. The number of nitrogens with zero attached hydrogens (tertiary/aromatic N) is 1. The molecule has 1 heterocycles. The number of imide groups is 1. The van der Waals surface area contributed by atoms with Crippen molar-refractivity contribution in [3.63, 3.8) is 0 Å². The molecule has 3 amide bonds. The highest BCUT2D eigenvalue weighted by Gasteiger charge is 2.36. The van der Waals surface area contributed by atoms with Crippen LogP contribution in [0.25, 0.3) is 6.08 Å². The number of hydrogen-bond donors (Lipinski definition) is 1. The molecule has 0 aromatic heterocycles. The van der Waals surface area contributed by atoms with E-state index < -0.39 is 29.6 Å². The van der Waals surface area contributed by atoms with E-state index >= 15 is 0 Å². The SMILES string of the molecule is CCOc1cc(/C=C2/SC(=O)N(CC(=O)Nc3ccc(OC)c(Cl)c3)C2=O)cc(I)c1OCC(=O)OC. The van der Waals surface area contributed by atoms with Gasteiger partial charge in [0, 0.05) is 5.69 Å². The molecule has 0 aliphatic carbocycles. The molecule has 0 unspecified atom stereocenters. The summed E-state index contributed by atoms with van der Waals surface area (Å²) in [4.78, 5) is 50.4. The molecule has 2 aromatic rings. The zero-order chi connectivity index (χ0) is 27.1. The van der Waals surface area contributed by atoms with Crippen molar-refractivity contribution in [1.29, 1.82) is 0 Å². The van der Waals surface area contributed by atoms with Crippen molar-refractivity contribution in [2.75, 3.05) is 39.3 Å². The molecule has 0 spiro atoms. The normalized spacial score (nSPS) is 14.1. The highest BCUT2D eigenvalue weighted by Crippen LogP contribution is 2.37. The van der Waals surface area contributed by atoms with Gasteiger partial charge in [-0.05, 0) is 83.2 Å². The summed E-state index contributed by atoms with van der Waals surface area (Å²) in [5.74, 6) is -0.548. The Morgan fingerprint density at radius 3 is 2.54 bits per heavy atom. The van der Waals surface area contributed by atoms with Gasteiger partial charge in [-0.3, -0.25) is 19.3 Å². The third kappa shape index (κ3) is 7.29. The van der Waals surface area contributed by atoms with Gasteiger partial charge >= 0.3 is 5.97 Å². The third-order valence-electron chi connectivity index (χ3n) is 4.80. The lowest BCUT2D eigenvalue weighted by Crippen LogP contribution is -2.36. The van der Waals surface area contributed by atoms with E-state index in [0.29, 0.717) is 43.7 Å². The van der Waals surface area contributed by atoms with Crippen LogP contribution in [0.15, 0.2) is 35.2 Å². The summed E-state index contributed by atoms with van der Waals surface area (Å²) in [7, 11) is 2.73. The summed E-state index contributed by atoms with van der Waals surface area (Å²) in [5, 5.41) is 2.34. The minimum absolute atomic E-state index is 0.145. The Morgan fingerprint density at radius 2 is 1.89 bits per heavy atom. The predicted molar refractivity (Wildman–Crippen MR) is 147 cm³/mol. The highest BCUT2D eigenvalue weighted by atomic mass is 127. The fourth-order valence-corrected chi connectivity index (χ4v) is 5.02. The van der Waals surface area contributed by atoms with Crippen LogP contribution >= 0.6 is 46.0 Å². The summed E-state index contributed by atoms with van der Waals surface area (Å²) in [6.45, 7) is 1.36. The molecule has 1 N–H and O–H groups in total. The van der Waals surface area contributed by atoms with Crippen molar-refractivity contribution in [1.82, 2.24) is 4.90 Å². The first kappa shape index (κ1) is 28.6. The van der Waals surface area contributed by atoms with Gasteiger partial charge in [0.15, 0.2) is 18.1 Å². The first-order valence-electron chi connectivity index (χ1n) is 10.7. The van der Waals surface area contributed by atoms with E-state index in [1.807, 2.05) is 22.6 Å². The Morgan fingerprint density at radius 1 is 1.14 bits per heavy atom. The number of halogens is 2. The van der Waals surface area contributed by atoms with E-state index in [9.17, 15) is 19.2 Å². The van der Waals surface area contributed by atoms with Crippen molar-refractivity contribution < 1.29 is 38.1 Å². The summed E-state index contributed by atoms with van der Waals surface area (Å²) < 4.78 is 21.5. The molecule has 1 fully saturated rings. The Labute approximate surface area is 235 Å². The molecule has 1 saturated heterocycles. The van der Waals surface area contributed by atoms with Crippen LogP contribution in [0, 0.1) is 3.57 Å². The van der Waals surface area contributed by atoms with Gasteiger partial charge in [0.25, 0.3) is 11.1 Å². The minimum atomic E-state index is -0.600. The standard InChI is InChI=1S/C24H22ClIN2O8S/c1-4-35-18-8-13(7-16(26)22(18)36-12-21(30)34-3)9-19-23(31)28(24(32)37-19)11-20(29)27-14-5-6-17(33-2)15(25)10-14/h5-10H,4,11-12H2,1-3H3,(H,27,29)/b19-9+. The van der Waals surface area contributed by atoms with Crippen LogP contribution in [0.5, 0.6) is 17.2 Å². The monoisotopic (exact) mass is 660 g/mol. The smallest absolute Gasteiger partial charge is 0.343 e. The number of carbonyl (C=O) groups is 4. The number of methoxy groups -OCH3 is 2. The molecule has 196 valence electrons. The topological polar surface area (TPSA) is 120 Å². The van der Waals surface area contributed by atoms with Crippen LogP contribution in [0.2, 0.25) is 5.02 Å². The number of rotatable bonds is 10. The first-order valence-corrected chi connectivity index (χ1v) is 13.0. The van der Waals surface area contributed by atoms with Gasteiger partial charge in [-0.15, -0.1) is 0 Å². The molecule has 37 heavy (non-hydrogen) atoms. The van der Waals surface area contributed by atoms with E-state index in [4.69, 9.17) is 25.8 Å². The van der Waals surface area contributed by atoms with Crippen LogP contribution in [0.1, 0.15) is 12.5 Å². The second-order valence-corrected chi connectivity index (χ2v) is 9.86. The van der Waals surface area contributed by atoms with Crippen LogP contribution in [-0.4, -0.2) is 61.9 Å². The number of benzene rings is 2. The number of amides is 3. The number of nitrogens with one attached hydrogen (secondary N) is 1. The molecular formula is C24H22ClIN2O8S. The second-order valence-electron chi connectivity index (χ2n) is 7.29. The van der Waals surface area contributed by atoms with Gasteiger partial charge in [-0.25, -0.2) is 4.79 Å². The molecule has 10 nitrogen and oxygen atoms in total. The van der Waals surface area contributed by atoms with E-state index in [1.165, 1.54) is 26.4 Å². The molecule has 1 aliphatic rings. The molecule has 3 rings (SSSR count). The number of anilines is 1. The van der Waals surface area contributed by atoms with Crippen molar-refractivity contribution >= 4 is 80.7 Å². The van der Waals surface area contributed by atoms with E-state index in [-0.39, 0.29) is 11.5 Å². The van der Waals surface area contributed by atoms with Crippen molar-refractivity contribution in [2.45, 2.75) is 6.92 Å². The summed E-state index contributed by atoms with van der Waals surface area (Å²) in [6, 6.07) is 8.02. The summed E-state index contributed by atoms with van der Waals surface area (Å²) in [6.07, 6.45) is 1.53. The average molecular weight is 661 g/mol. The van der Waals surface area contributed by atoms with Crippen LogP contribution in [0.4, 0.5) is 10.5 Å². The minimum Gasteiger partial charge on any atom is -0.495 e. The molecule has 0 radical (unpaired) electrons. The van der Waals surface area contributed by atoms with E-state index in [0.717, 1.165) is 16.7 Å². The van der Waals surface area contributed by atoms with Gasteiger partial charge < -0.3 is 24.3 Å². The lowest BCUT2D eigenvalue weighted by molar-refractivity contribution is -0.143. The van der Waals surface area contributed by atoms with E-state index in [2.05, 4.69) is 10.1 Å². The van der Waals surface area contributed by atoms with Gasteiger partial charge in [0.05, 0.1) is 34.3 Å². The van der Waals surface area contributed by atoms with Crippen LogP contribution < -0.4 is 19.5 Å². The van der Waals surface area contributed by atoms with E-state index in [1.54, 1.807) is 31.2 Å². The van der Waals surface area contributed by atoms with Crippen LogP contribution in [0.3, 0.4) is 0 Å². The zero-order valence-corrected chi connectivity index (χ0v) is 23.7. The van der Waals surface area contributed by atoms with Crippen LogP contribution in [-0.2, 0) is 19.1 Å². The lowest BCUT2D eigenvalue weighted by atomic mass is 10.2. The Hall–Kier alpha value is -2.97. The largest absolute Gasteiger partial charge is 0.495 e. The molecule has 0 bridgehead atoms. The molecule has 1 aliphatic heterocycles. The Balaban J connectivity index is 1.75. The predicted octanol–water partition coefficient (Wildman–Crippen LogP) is 4.58. The number of hydrogen-bond acceptors (Lipinski definition) is 9. The molecule has 0 atom stereocenters. The quantitative estimate of drug-likeness (QED) is 0.222. The third-order valence-corrected chi connectivity index (χ3v) is 6.81. The highest BCUT2D eigenvalue weighted by molar-refractivity contribution is 14.1. The molecular weight excluding hydrogens is 639 g/mol. The fraction of sp³-hybridized carbons (Fsp3) is 0.250.